The molecule has 0 saturated heterocycles. The third kappa shape index (κ3) is 3.94. The number of thioether (sulfide) groups is 1. The largest absolute Gasteiger partial charge is 0.385 e. The molecule has 0 heterocycles. The van der Waals surface area contributed by atoms with Gasteiger partial charge in [-0.05, 0) is 45.1 Å². The number of benzene rings is 1. The summed E-state index contributed by atoms with van der Waals surface area (Å²) in [5, 5.41) is 6.43. The van der Waals surface area contributed by atoms with Crippen molar-refractivity contribution in [3.8, 4) is 0 Å². The van der Waals surface area contributed by atoms with Crippen LogP contribution >= 0.6 is 11.8 Å². The average molecular weight is 306 g/mol. The zero-order valence-corrected chi connectivity index (χ0v) is 14.1. The van der Waals surface area contributed by atoms with Crippen molar-refractivity contribution < 1.29 is 4.79 Å². The predicted molar refractivity (Wildman–Crippen MR) is 92.4 cm³/mol. The van der Waals surface area contributed by atoms with Crippen molar-refractivity contribution in [1.82, 2.24) is 5.32 Å². The third-order valence-electron chi connectivity index (χ3n) is 4.31. The minimum absolute atomic E-state index is 0.0370. The zero-order valence-electron chi connectivity index (χ0n) is 13.3. The van der Waals surface area contributed by atoms with Crippen LogP contribution in [-0.2, 0) is 0 Å². The number of hydrogen-bond donors (Lipinski definition) is 2. The first-order chi connectivity index (χ1) is 10.1. The van der Waals surface area contributed by atoms with Crippen LogP contribution in [0.3, 0.4) is 0 Å². The van der Waals surface area contributed by atoms with Crippen LogP contribution in [-0.4, -0.2) is 30.0 Å². The molecule has 2 N–H and O–H groups in total. The lowest BCUT2D eigenvalue weighted by Crippen LogP contribution is -2.38. The van der Waals surface area contributed by atoms with Crippen molar-refractivity contribution in [2.45, 2.75) is 44.3 Å². The fraction of sp³-hybridized carbons (Fsp3) is 0.588. The summed E-state index contributed by atoms with van der Waals surface area (Å²) in [4.78, 5) is 12.5. The fourth-order valence-corrected chi connectivity index (χ4v) is 3.91. The molecule has 0 aromatic heterocycles. The van der Waals surface area contributed by atoms with E-state index in [1.165, 1.54) is 25.7 Å². The number of aryl methyl sites for hydroxylation is 1. The van der Waals surface area contributed by atoms with Gasteiger partial charge in [0.05, 0.1) is 5.56 Å². The molecule has 2 rings (SSSR count). The number of carbonyl (C=O) groups excluding carboxylic acids is 1. The van der Waals surface area contributed by atoms with E-state index in [2.05, 4.69) is 16.9 Å². The first-order valence-electron chi connectivity index (χ1n) is 7.78. The van der Waals surface area contributed by atoms with E-state index in [4.69, 9.17) is 0 Å². The highest BCUT2D eigenvalue weighted by Crippen LogP contribution is 2.39. The molecule has 1 aliphatic rings. The molecule has 0 unspecified atom stereocenters. The number of rotatable bonds is 6. The lowest BCUT2D eigenvalue weighted by molar-refractivity contribution is 0.0950. The monoisotopic (exact) mass is 306 g/mol. The number of hydrogen-bond acceptors (Lipinski definition) is 3. The number of carbonyl (C=O) groups is 1. The Morgan fingerprint density at radius 1 is 1.33 bits per heavy atom. The molecular formula is C17H26N2OS. The van der Waals surface area contributed by atoms with Crippen LogP contribution in [0.2, 0.25) is 0 Å². The highest BCUT2D eigenvalue weighted by molar-refractivity contribution is 8.00. The minimum Gasteiger partial charge on any atom is -0.385 e. The molecule has 0 radical (unpaired) electrons. The van der Waals surface area contributed by atoms with Gasteiger partial charge in [0.1, 0.15) is 0 Å². The Labute approximate surface area is 132 Å². The molecule has 0 atom stereocenters. The molecule has 21 heavy (non-hydrogen) atoms. The second-order valence-corrected chi connectivity index (χ2v) is 7.13. The maximum atomic E-state index is 12.5. The molecule has 1 aromatic carbocycles. The Morgan fingerprint density at radius 3 is 2.67 bits per heavy atom. The molecule has 116 valence electrons. The number of anilines is 1. The topological polar surface area (TPSA) is 41.1 Å². The van der Waals surface area contributed by atoms with E-state index in [-0.39, 0.29) is 10.7 Å². The van der Waals surface area contributed by atoms with Crippen LogP contribution in [0.1, 0.15) is 48.5 Å². The lowest BCUT2D eigenvalue weighted by atomic mass is 10.1. The maximum Gasteiger partial charge on any atom is 0.253 e. The summed E-state index contributed by atoms with van der Waals surface area (Å²) in [5.74, 6) is 0.0370. The quantitative estimate of drug-likeness (QED) is 0.839. The summed E-state index contributed by atoms with van der Waals surface area (Å²) in [6.07, 6.45) is 7.15. The van der Waals surface area contributed by atoms with Crippen molar-refractivity contribution in [1.29, 1.82) is 0 Å². The van der Waals surface area contributed by atoms with Crippen molar-refractivity contribution in [2.24, 2.45) is 0 Å². The van der Waals surface area contributed by atoms with Gasteiger partial charge in [0.2, 0.25) is 0 Å². The van der Waals surface area contributed by atoms with E-state index >= 15 is 0 Å². The van der Waals surface area contributed by atoms with Gasteiger partial charge in [-0.25, -0.2) is 0 Å². The standard InChI is InChI=1S/C17H26N2OS/c1-4-18-15-8-7-13(2)11-14(15)16(20)19-12-17(21-3)9-5-6-10-17/h7-8,11,18H,4-6,9-10,12H2,1-3H3,(H,19,20). The average Bonchev–Trinajstić information content (AvgIpc) is 2.96. The van der Waals surface area contributed by atoms with E-state index in [1.807, 2.05) is 43.8 Å². The smallest absolute Gasteiger partial charge is 0.253 e. The summed E-state index contributed by atoms with van der Waals surface area (Å²) < 4.78 is 0.248. The van der Waals surface area contributed by atoms with Crippen molar-refractivity contribution >= 4 is 23.4 Å². The van der Waals surface area contributed by atoms with Gasteiger partial charge < -0.3 is 10.6 Å². The van der Waals surface area contributed by atoms with Gasteiger partial charge in [0.25, 0.3) is 5.91 Å². The van der Waals surface area contributed by atoms with Gasteiger partial charge in [0, 0.05) is 23.5 Å². The summed E-state index contributed by atoms with van der Waals surface area (Å²) in [6.45, 7) is 5.65. The predicted octanol–water partition coefficient (Wildman–Crippen LogP) is 3.83. The summed E-state index contributed by atoms with van der Waals surface area (Å²) in [7, 11) is 0. The molecule has 0 bridgehead atoms. The summed E-state index contributed by atoms with van der Waals surface area (Å²) >= 11 is 1.90. The summed E-state index contributed by atoms with van der Waals surface area (Å²) in [6, 6.07) is 6.00. The maximum absolute atomic E-state index is 12.5. The Morgan fingerprint density at radius 2 is 2.05 bits per heavy atom. The van der Waals surface area contributed by atoms with Crippen LogP contribution in [0.4, 0.5) is 5.69 Å². The van der Waals surface area contributed by atoms with Gasteiger partial charge in [-0.3, -0.25) is 4.79 Å². The van der Waals surface area contributed by atoms with Crippen molar-refractivity contribution in [3.05, 3.63) is 29.3 Å². The van der Waals surface area contributed by atoms with Crippen LogP contribution in [0.15, 0.2) is 18.2 Å². The van der Waals surface area contributed by atoms with Crippen molar-refractivity contribution in [2.75, 3.05) is 24.7 Å². The van der Waals surface area contributed by atoms with E-state index < -0.39 is 0 Å². The highest BCUT2D eigenvalue weighted by atomic mass is 32.2. The lowest BCUT2D eigenvalue weighted by Gasteiger charge is -2.27. The first-order valence-corrected chi connectivity index (χ1v) is 9.00. The van der Waals surface area contributed by atoms with Gasteiger partial charge in [0.15, 0.2) is 0 Å². The molecule has 1 amide bonds. The Kier molecular flexibility index (Phi) is 5.57. The van der Waals surface area contributed by atoms with Gasteiger partial charge in [-0.2, -0.15) is 11.8 Å². The van der Waals surface area contributed by atoms with Crippen LogP contribution < -0.4 is 10.6 Å². The Balaban J connectivity index is 2.07. The zero-order chi connectivity index (χ0) is 15.3. The van der Waals surface area contributed by atoms with E-state index in [1.54, 1.807) is 0 Å². The molecule has 1 fully saturated rings. The molecule has 1 saturated carbocycles. The normalized spacial score (nSPS) is 16.7. The number of nitrogens with one attached hydrogen (secondary N) is 2. The van der Waals surface area contributed by atoms with Gasteiger partial charge >= 0.3 is 0 Å². The minimum atomic E-state index is 0.0370. The van der Waals surface area contributed by atoms with Gasteiger partial charge in [-0.15, -0.1) is 0 Å². The molecule has 0 spiro atoms. The molecule has 3 nitrogen and oxygen atoms in total. The fourth-order valence-electron chi connectivity index (χ4n) is 3.00. The van der Waals surface area contributed by atoms with Gasteiger partial charge in [-0.1, -0.05) is 24.5 Å². The van der Waals surface area contributed by atoms with Crippen molar-refractivity contribution in [3.63, 3.8) is 0 Å². The molecular weight excluding hydrogens is 280 g/mol. The third-order valence-corrected chi connectivity index (χ3v) is 5.72. The van der Waals surface area contributed by atoms with E-state index in [0.29, 0.717) is 0 Å². The number of amides is 1. The SMILES string of the molecule is CCNc1ccc(C)cc1C(=O)NCC1(SC)CCCC1. The van der Waals surface area contributed by atoms with Crippen LogP contribution in [0, 0.1) is 6.92 Å². The second-order valence-electron chi connectivity index (χ2n) is 5.86. The van der Waals surface area contributed by atoms with Crippen LogP contribution in [0.25, 0.3) is 0 Å². The molecule has 1 aliphatic carbocycles. The molecule has 4 heteroatoms. The Hall–Kier alpha value is -1.16. The molecule has 1 aromatic rings. The van der Waals surface area contributed by atoms with E-state index in [0.717, 1.165) is 29.9 Å². The summed E-state index contributed by atoms with van der Waals surface area (Å²) in [5.41, 5.74) is 2.79. The van der Waals surface area contributed by atoms with Crippen LogP contribution in [0.5, 0.6) is 0 Å². The second kappa shape index (κ2) is 7.21. The Bertz CT molecular complexity index is 496. The van der Waals surface area contributed by atoms with E-state index in [9.17, 15) is 4.79 Å². The highest BCUT2D eigenvalue weighted by Gasteiger charge is 2.33. The molecule has 0 aliphatic heterocycles. The first kappa shape index (κ1) is 16.2.